The summed E-state index contributed by atoms with van der Waals surface area (Å²) in [5.74, 6) is -0.930. The summed E-state index contributed by atoms with van der Waals surface area (Å²) >= 11 is 1.24. The summed E-state index contributed by atoms with van der Waals surface area (Å²) in [5.41, 5.74) is -2.68. The number of aryl methyl sites for hydroxylation is 1. The van der Waals surface area contributed by atoms with Crippen molar-refractivity contribution in [2.75, 3.05) is 6.54 Å². The number of aromatic nitrogens is 3. The molecule has 1 aromatic heterocycles. The number of aromatic amines is 1. The zero-order valence-corrected chi connectivity index (χ0v) is 13.3. The lowest BCUT2D eigenvalue weighted by Gasteiger charge is -2.28. The van der Waals surface area contributed by atoms with E-state index in [1.54, 1.807) is 14.0 Å². The molecule has 0 bridgehead atoms. The van der Waals surface area contributed by atoms with Crippen LogP contribution >= 0.6 is 11.8 Å². The number of aliphatic carboxylic acids is 1. The van der Waals surface area contributed by atoms with Crippen molar-refractivity contribution in [1.29, 1.82) is 0 Å². The van der Waals surface area contributed by atoms with Crippen LogP contribution in [0.1, 0.15) is 27.2 Å². The SMILES string of the molecule is CCNC(C)(CC(C)Sc1nc(=O)c(=O)[nH]n1C)C(=O)O. The van der Waals surface area contributed by atoms with Gasteiger partial charge in [0.15, 0.2) is 5.16 Å². The van der Waals surface area contributed by atoms with E-state index >= 15 is 0 Å². The van der Waals surface area contributed by atoms with E-state index in [1.165, 1.54) is 16.4 Å². The first-order valence-corrected chi connectivity index (χ1v) is 7.40. The van der Waals surface area contributed by atoms with Gasteiger partial charge in [-0.25, -0.2) is 0 Å². The second kappa shape index (κ2) is 6.90. The Labute approximate surface area is 126 Å². The van der Waals surface area contributed by atoms with E-state index < -0.39 is 22.6 Å². The summed E-state index contributed by atoms with van der Waals surface area (Å²) in [5, 5.41) is 14.9. The number of carbonyl (C=O) groups is 1. The molecule has 0 spiro atoms. The van der Waals surface area contributed by atoms with Gasteiger partial charge < -0.3 is 10.4 Å². The Bertz CT molecular complexity index is 626. The van der Waals surface area contributed by atoms with Gasteiger partial charge in [0.25, 0.3) is 0 Å². The molecule has 1 heterocycles. The van der Waals surface area contributed by atoms with Gasteiger partial charge in [-0.2, -0.15) is 4.98 Å². The van der Waals surface area contributed by atoms with Crippen LogP contribution in [0.4, 0.5) is 0 Å². The van der Waals surface area contributed by atoms with Gasteiger partial charge >= 0.3 is 17.1 Å². The summed E-state index contributed by atoms with van der Waals surface area (Å²) in [6.07, 6.45) is 0.343. The van der Waals surface area contributed by atoms with Gasteiger partial charge in [-0.15, -0.1) is 0 Å². The van der Waals surface area contributed by atoms with Crippen molar-refractivity contribution in [1.82, 2.24) is 20.1 Å². The lowest BCUT2D eigenvalue weighted by molar-refractivity contribution is -0.144. The molecule has 0 aliphatic carbocycles. The second-order valence-electron chi connectivity index (χ2n) is 5.00. The maximum atomic E-state index is 11.4. The van der Waals surface area contributed by atoms with E-state index in [0.29, 0.717) is 18.1 Å². The number of thioether (sulfide) groups is 1. The zero-order valence-electron chi connectivity index (χ0n) is 12.5. The fourth-order valence-corrected chi connectivity index (χ4v) is 3.10. The van der Waals surface area contributed by atoms with Crippen LogP contribution in [0.3, 0.4) is 0 Å². The molecule has 0 saturated carbocycles. The van der Waals surface area contributed by atoms with Crippen molar-refractivity contribution in [2.24, 2.45) is 7.05 Å². The third-order valence-corrected chi connectivity index (χ3v) is 4.13. The average Bonchev–Trinajstić information content (AvgIpc) is 2.35. The molecular weight excluding hydrogens is 296 g/mol. The van der Waals surface area contributed by atoms with Gasteiger partial charge in [0, 0.05) is 12.3 Å². The maximum absolute atomic E-state index is 11.4. The molecule has 0 radical (unpaired) electrons. The van der Waals surface area contributed by atoms with Crippen LogP contribution < -0.4 is 16.4 Å². The Morgan fingerprint density at radius 2 is 2.19 bits per heavy atom. The molecule has 3 N–H and O–H groups in total. The number of H-pyrrole nitrogens is 1. The monoisotopic (exact) mass is 316 g/mol. The van der Waals surface area contributed by atoms with Crippen molar-refractivity contribution in [3.05, 3.63) is 20.7 Å². The minimum absolute atomic E-state index is 0.117. The first-order valence-electron chi connectivity index (χ1n) is 6.52. The number of hydrogen-bond acceptors (Lipinski definition) is 6. The Morgan fingerprint density at radius 3 is 2.71 bits per heavy atom. The van der Waals surface area contributed by atoms with E-state index in [0.717, 1.165) is 0 Å². The van der Waals surface area contributed by atoms with Gasteiger partial charge in [0.05, 0.1) is 0 Å². The number of rotatable bonds is 7. The lowest BCUT2D eigenvalue weighted by Crippen LogP contribution is -2.50. The third kappa shape index (κ3) is 4.43. The van der Waals surface area contributed by atoms with Gasteiger partial charge in [-0.3, -0.25) is 24.2 Å². The standard InChI is InChI=1S/C12H20N4O4S/c1-5-13-12(3,10(19)20)6-7(2)21-11-14-8(17)9(18)15-16(11)4/h7,13H,5-6H2,1-4H3,(H,15,18)(H,19,20). The Balaban J connectivity index is 2.89. The lowest BCUT2D eigenvalue weighted by atomic mass is 9.96. The molecule has 0 aliphatic heterocycles. The highest BCUT2D eigenvalue weighted by Crippen LogP contribution is 2.26. The second-order valence-corrected chi connectivity index (χ2v) is 6.41. The summed E-state index contributed by atoms with van der Waals surface area (Å²) in [6.45, 7) is 5.84. The molecule has 0 amide bonds. The summed E-state index contributed by atoms with van der Waals surface area (Å²) in [7, 11) is 1.57. The average molecular weight is 316 g/mol. The Morgan fingerprint density at radius 1 is 1.57 bits per heavy atom. The highest BCUT2D eigenvalue weighted by atomic mass is 32.2. The van der Waals surface area contributed by atoms with Gasteiger partial charge in [-0.05, 0) is 19.9 Å². The van der Waals surface area contributed by atoms with Crippen molar-refractivity contribution in [3.63, 3.8) is 0 Å². The minimum Gasteiger partial charge on any atom is -0.480 e. The summed E-state index contributed by atoms with van der Waals surface area (Å²) in [6, 6.07) is 0. The van der Waals surface area contributed by atoms with E-state index in [-0.39, 0.29) is 5.25 Å². The largest absolute Gasteiger partial charge is 0.480 e. The number of hydrogen-bond donors (Lipinski definition) is 3. The van der Waals surface area contributed by atoms with Crippen LogP contribution in [0.15, 0.2) is 14.7 Å². The third-order valence-electron chi connectivity index (χ3n) is 2.99. The molecule has 2 unspecified atom stereocenters. The number of nitrogens with zero attached hydrogens (tertiary/aromatic N) is 2. The molecule has 0 aliphatic rings. The van der Waals surface area contributed by atoms with Gasteiger partial charge in [0.1, 0.15) is 5.54 Å². The number of likely N-dealkylation sites (N-methyl/N-ethyl adjacent to an activating group) is 1. The molecule has 118 valence electrons. The molecule has 2 atom stereocenters. The van der Waals surface area contributed by atoms with Crippen molar-refractivity contribution in [3.8, 4) is 0 Å². The van der Waals surface area contributed by atoms with E-state index in [1.807, 2.05) is 13.8 Å². The van der Waals surface area contributed by atoms with Crippen LogP contribution in [-0.2, 0) is 11.8 Å². The Kier molecular flexibility index (Phi) is 5.73. The first-order chi connectivity index (χ1) is 9.69. The topological polar surface area (TPSA) is 117 Å². The fraction of sp³-hybridized carbons (Fsp3) is 0.667. The Hall–Kier alpha value is -1.61. The normalized spacial score (nSPS) is 15.4. The van der Waals surface area contributed by atoms with Crippen molar-refractivity contribution >= 4 is 17.7 Å². The van der Waals surface area contributed by atoms with Crippen LogP contribution in [0.2, 0.25) is 0 Å². The molecule has 1 aromatic rings. The number of carboxylic acid groups (broad SMARTS) is 1. The molecule has 21 heavy (non-hydrogen) atoms. The molecule has 0 saturated heterocycles. The smallest absolute Gasteiger partial charge is 0.339 e. The van der Waals surface area contributed by atoms with Crippen LogP contribution in [-0.4, -0.2) is 43.2 Å². The van der Waals surface area contributed by atoms with Crippen LogP contribution in [0, 0.1) is 0 Å². The molecule has 9 heteroatoms. The molecule has 1 rings (SSSR count). The van der Waals surface area contributed by atoms with Crippen LogP contribution in [0.25, 0.3) is 0 Å². The summed E-state index contributed by atoms with van der Waals surface area (Å²) in [4.78, 5) is 37.5. The number of nitrogens with one attached hydrogen (secondary N) is 2. The van der Waals surface area contributed by atoms with Crippen LogP contribution in [0.5, 0.6) is 0 Å². The highest BCUT2D eigenvalue weighted by molar-refractivity contribution is 7.99. The fourth-order valence-electron chi connectivity index (χ4n) is 1.99. The summed E-state index contributed by atoms with van der Waals surface area (Å²) < 4.78 is 1.36. The van der Waals surface area contributed by atoms with Gasteiger partial charge in [-0.1, -0.05) is 25.6 Å². The maximum Gasteiger partial charge on any atom is 0.339 e. The van der Waals surface area contributed by atoms with E-state index in [2.05, 4.69) is 15.4 Å². The van der Waals surface area contributed by atoms with E-state index in [9.17, 15) is 19.5 Å². The van der Waals surface area contributed by atoms with Crippen molar-refractivity contribution < 1.29 is 9.90 Å². The minimum atomic E-state index is -1.05. The first kappa shape index (κ1) is 17.4. The molecule has 0 fully saturated rings. The molecule has 8 nitrogen and oxygen atoms in total. The van der Waals surface area contributed by atoms with Gasteiger partial charge in [0.2, 0.25) is 0 Å². The highest BCUT2D eigenvalue weighted by Gasteiger charge is 2.34. The zero-order chi connectivity index (χ0) is 16.2. The predicted molar refractivity (Wildman–Crippen MR) is 79.8 cm³/mol. The number of carboxylic acids is 1. The molecular formula is C12H20N4O4S. The van der Waals surface area contributed by atoms with Crippen molar-refractivity contribution in [2.45, 2.75) is 43.1 Å². The predicted octanol–water partition coefficient (Wildman–Crippen LogP) is -0.208. The quantitative estimate of drug-likeness (QED) is 0.471. The molecule has 0 aromatic carbocycles. The van der Waals surface area contributed by atoms with E-state index in [4.69, 9.17) is 0 Å².